The van der Waals surface area contributed by atoms with Gasteiger partial charge >= 0.3 is 5.97 Å². The summed E-state index contributed by atoms with van der Waals surface area (Å²) in [5, 5.41) is 9.36. The molecule has 2 aromatic rings. The van der Waals surface area contributed by atoms with Crippen molar-refractivity contribution in [3.05, 3.63) is 59.7 Å². The van der Waals surface area contributed by atoms with Gasteiger partial charge < -0.3 is 19.3 Å². The molecule has 0 spiro atoms. The number of methoxy groups -OCH3 is 1. The Morgan fingerprint density at radius 1 is 1.08 bits per heavy atom. The van der Waals surface area contributed by atoms with Crippen molar-refractivity contribution in [2.45, 2.75) is 19.8 Å². The lowest BCUT2D eigenvalue weighted by Gasteiger charge is -2.15. The first kappa shape index (κ1) is 19.8. The topological polar surface area (TPSA) is 65.0 Å². The normalized spacial score (nSPS) is 11.8. The molecule has 0 saturated heterocycles. The number of carbonyl (C=O) groups is 1. The number of hydrogen-bond donors (Lipinski definition) is 1. The van der Waals surface area contributed by atoms with Gasteiger partial charge in [0.05, 0.1) is 26.2 Å². The minimum atomic E-state index is -0.860. The molecule has 0 aromatic heterocycles. The van der Waals surface area contributed by atoms with Crippen LogP contribution in [0.5, 0.6) is 11.5 Å². The predicted octanol–water partition coefficient (Wildman–Crippen LogP) is 3.60. The Morgan fingerprint density at radius 3 is 2.50 bits per heavy atom. The maximum atomic E-state index is 11.4. The Labute approximate surface area is 154 Å². The van der Waals surface area contributed by atoms with Crippen molar-refractivity contribution in [2.75, 3.05) is 26.9 Å². The Bertz CT molecular complexity index is 684. The first-order valence-corrected chi connectivity index (χ1v) is 8.78. The molecule has 0 bridgehead atoms. The van der Waals surface area contributed by atoms with Gasteiger partial charge in [-0.15, -0.1) is 0 Å². The molecule has 0 aliphatic carbocycles. The molecule has 0 heterocycles. The summed E-state index contributed by atoms with van der Waals surface area (Å²) >= 11 is 0. The fraction of sp³-hybridized carbons (Fsp3) is 0.381. The highest BCUT2D eigenvalue weighted by atomic mass is 16.5. The number of rotatable bonds is 11. The van der Waals surface area contributed by atoms with Crippen molar-refractivity contribution in [1.82, 2.24) is 0 Å². The van der Waals surface area contributed by atoms with Crippen molar-refractivity contribution in [2.24, 2.45) is 5.92 Å². The Morgan fingerprint density at radius 2 is 1.85 bits per heavy atom. The van der Waals surface area contributed by atoms with Crippen LogP contribution in [0.2, 0.25) is 0 Å². The van der Waals surface area contributed by atoms with Crippen LogP contribution >= 0.6 is 0 Å². The minimum absolute atomic E-state index is 0.196. The van der Waals surface area contributed by atoms with Crippen molar-refractivity contribution in [3.63, 3.8) is 0 Å². The molecule has 0 amide bonds. The Kier molecular flexibility index (Phi) is 7.96. The van der Waals surface area contributed by atoms with Gasteiger partial charge in [0, 0.05) is 13.0 Å². The molecule has 0 radical (unpaired) electrons. The monoisotopic (exact) mass is 358 g/mol. The van der Waals surface area contributed by atoms with E-state index in [4.69, 9.17) is 14.2 Å². The van der Waals surface area contributed by atoms with Crippen LogP contribution < -0.4 is 9.47 Å². The van der Waals surface area contributed by atoms with Gasteiger partial charge in [0.2, 0.25) is 0 Å². The smallest absolute Gasteiger partial charge is 0.309 e. The van der Waals surface area contributed by atoms with Gasteiger partial charge in [-0.25, -0.2) is 0 Å². The van der Waals surface area contributed by atoms with Crippen LogP contribution in [0.25, 0.3) is 0 Å². The van der Waals surface area contributed by atoms with Gasteiger partial charge in [0.15, 0.2) is 11.5 Å². The summed E-state index contributed by atoms with van der Waals surface area (Å²) in [7, 11) is 1.59. The van der Waals surface area contributed by atoms with E-state index in [-0.39, 0.29) is 6.61 Å². The maximum Gasteiger partial charge on any atom is 0.309 e. The van der Waals surface area contributed by atoms with Gasteiger partial charge in [0.1, 0.15) is 0 Å². The van der Waals surface area contributed by atoms with E-state index in [1.54, 1.807) is 7.11 Å². The Balaban J connectivity index is 2.03. The van der Waals surface area contributed by atoms with Gasteiger partial charge in [-0.1, -0.05) is 36.4 Å². The summed E-state index contributed by atoms with van der Waals surface area (Å²) in [5.41, 5.74) is 2.08. The second-order valence-corrected chi connectivity index (χ2v) is 5.97. The summed E-state index contributed by atoms with van der Waals surface area (Å²) < 4.78 is 16.5. The van der Waals surface area contributed by atoms with E-state index in [1.165, 1.54) is 5.56 Å². The second-order valence-electron chi connectivity index (χ2n) is 5.97. The van der Waals surface area contributed by atoms with Crippen molar-refractivity contribution < 1.29 is 24.1 Å². The zero-order valence-corrected chi connectivity index (χ0v) is 15.3. The van der Waals surface area contributed by atoms with Crippen LogP contribution in [0.1, 0.15) is 18.1 Å². The van der Waals surface area contributed by atoms with Gasteiger partial charge in [0.25, 0.3) is 0 Å². The standard InChI is InChI=1S/C21H26O5/c1-3-25-15-18(21(22)23)13-17-9-10-19(24-2)20(14-17)26-12-11-16-7-5-4-6-8-16/h4-10,14,18H,3,11-13,15H2,1-2H3,(H,22,23). The van der Waals surface area contributed by atoms with Crippen LogP contribution in [0.3, 0.4) is 0 Å². The molecule has 0 aliphatic heterocycles. The zero-order chi connectivity index (χ0) is 18.8. The van der Waals surface area contributed by atoms with E-state index >= 15 is 0 Å². The van der Waals surface area contributed by atoms with E-state index in [9.17, 15) is 9.90 Å². The van der Waals surface area contributed by atoms with E-state index in [0.29, 0.717) is 31.1 Å². The highest BCUT2D eigenvalue weighted by Gasteiger charge is 2.19. The zero-order valence-electron chi connectivity index (χ0n) is 15.3. The van der Waals surface area contributed by atoms with Gasteiger partial charge in [-0.2, -0.15) is 0 Å². The third kappa shape index (κ3) is 6.08. The molecule has 1 atom stereocenters. The van der Waals surface area contributed by atoms with Crippen LogP contribution in [0.15, 0.2) is 48.5 Å². The molecule has 2 rings (SSSR count). The molecule has 1 N–H and O–H groups in total. The summed E-state index contributed by atoms with van der Waals surface area (Å²) in [4.78, 5) is 11.4. The number of carboxylic acid groups (broad SMARTS) is 1. The van der Waals surface area contributed by atoms with E-state index in [0.717, 1.165) is 12.0 Å². The third-order valence-corrected chi connectivity index (χ3v) is 4.07. The van der Waals surface area contributed by atoms with Gasteiger partial charge in [-0.3, -0.25) is 4.79 Å². The number of aliphatic carboxylic acids is 1. The van der Waals surface area contributed by atoms with E-state index in [1.807, 2.05) is 43.3 Å². The summed E-state index contributed by atoms with van der Waals surface area (Å²) in [6.07, 6.45) is 1.17. The first-order chi connectivity index (χ1) is 12.6. The minimum Gasteiger partial charge on any atom is -0.493 e. The van der Waals surface area contributed by atoms with Crippen molar-refractivity contribution in [1.29, 1.82) is 0 Å². The fourth-order valence-electron chi connectivity index (χ4n) is 2.65. The number of hydrogen-bond acceptors (Lipinski definition) is 4. The lowest BCUT2D eigenvalue weighted by molar-refractivity contribution is -0.143. The lowest BCUT2D eigenvalue weighted by Crippen LogP contribution is -2.22. The average molecular weight is 358 g/mol. The molecule has 140 valence electrons. The van der Waals surface area contributed by atoms with E-state index in [2.05, 4.69) is 12.1 Å². The molecule has 0 aliphatic rings. The average Bonchev–Trinajstić information content (AvgIpc) is 2.66. The first-order valence-electron chi connectivity index (χ1n) is 8.78. The molecule has 5 heteroatoms. The summed E-state index contributed by atoms with van der Waals surface area (Å²) in [6.45, 7) is 3.07. The fourth-order valence-corrected chi connectivity index (χ4v) is 2.65. The van der Waals surface area contributed by atoms with Crippen LogP contribution in [0.4, 0.5) is 0 Å². The summed E-state index contributed by atoms with van der Waals surface area (Å²) in [6, 6.07) is 15.6. The molecule has 2 aromatic carbocycles. The number of ether oxygens (including phenoxy) is 3. The quantitative estimate of drug-likeness (QED) is 0.665. The molecule has 26 heavy (non-hydrogen) atoms. The third-order valence-electron chi connectivity index (χ3n) is 4.07. The molecule has 1 unspecified atom stereocenters. The van der Waals surface area contributed by atoms with Gasteiger partial charge in [-0.05, 0) is 36.6 Å². The number of carboxylic acids is 1. The predicted molar refractivity (Wildman–Crippen MR) is 100.0 cm³/mol. The van der Waals surface area contributed by atoms with Crippen LogP contribution in [-0.4, -0.2) is 38.0 Å². The van der Waals surface area contributed by atoms with E-state index < -0.39 is 11.9 Å². The molecule has 5 nitrogen and oxygen atoms in total. The maximum absolute atomic E-state index is 11.4. The van der Waals surface area contributed by atoms with Crippen molar-refractivity contribution >= 4 is 5.97 Å². The number of benzene rings is 2. The largest absolute Gasteiger partial charge is 0.493 e. The highest BCUT2D eigenvalue weighted by Crippen LogP contribution is 2.29. The van der Waals surface area contributed by atoms with Crippen LogP contribution in [0, 0.1) is 5.92 Å². The second kappa shape index (κ2) is 10.5. The molecular formula is C21H26O5. The lowest BCUT2D eigenvalue weighted by atomic mass is 10.00. The summed E-state index contributed by atoms with van der Waals surface area (Å²) in [5.74, 6) is -0.179. The SMILES string of the molecule is CCOCC(Cc1ccc(OC)c(OCCc2ccccc2)c1)C(=O)O. The molecular weight excluding hydrogens is 332 g/mol. The van der Waals surface area contributed by atoms with Crippen LogP contribution in [-0.2, 0) is 22.4 Å². The van der Waals surface area contributed by atoms with Crippen molar-refractivity contribution in [3.8, 4) is 11.5 Å². The molecule has 0 fully saturated rings. The Hall–Kier alpha value is -2.53. The highest BCUT2D eigenvalue weighted by molar-refractivity contribution is 5.70. The molecule has 0 saturated carbocycles.